The fraction of sp³-hybridized carbons (Fsp3) is 0.182. The number of benzene rings is 1. The average Bonchev–Trinajstić information content (AvgIpc) is 3.31. The summed E-state index contributed by atoms with van der Waals surface area (Å²) in [5, 5.41) is 3.16. The molecule has 0 spiro atoms. The second-order valence-electron chi connectivity index (χ2n) is 6.52. The van der Waals surface area contributed by atoms with Crippen LogP contribution in [0.15, 0.2) is 56.0 Å². The molecule has 9 heteroatoms. The Labute approximate surface area is 186 Å². The first-order valence-corrected chi connectivity index (χ1v) is 11.3. The zero-order valence-electron chi connectivity index (χ0n) is 17.0. The minimum atomic E-state index is -0.547. The van der Waals surface area contributed by atoms with E-state index in [2.05, 4.69) is 9.97 Å². The van der Waals surface area contributed by atoms with Gasteiger partial charge in [0, 0.05) is 23.1 Å². The van der Waals surface area contributed by atoms with Crippen LogP contribution in [0.3, 0.4) is 0 Å². The zero-order chi connectivity index (χ0) is 22.0. The predicted molar refractivity (Wildman–Crippen MR) is 120 cm³/mol. The van der Waals surface area contributed by atoms with E-state index in [1.165, 1.54) is 36.3 Å². The van der Waals surface area contributed by atoms with Gasteiger partial charge in [0.1, 0.15) is 28.5 Å². The monoisotopic (exact) mass is 454 g/mol. The van der Waals surface area contributed by atoms with Crippen molar-refractivity contribution in [2.24, 2.45) is 0 Å². The first kappa shape index (κ1) is 21.1. The molecule has 31 heavy (non-hydrogen) atoms. The van der Waals surface area contributed by atoms with Gasteiger partial charge in [-0.2, -0.15) is 0 Å². The van der Waals surface area contributed by atoms with Crippen molar-refractivity contribution in [3.05, 3.63) is 69.0 Å². The van der Waals surface area contributed by atoms with Gasteiger partial charge in [-0.05, 0) is 36.8 Å². The highest BCUT2D eigenvalue weighted by atomic mass is 32.2. The molecule has 0 saturated heterocycles. The Morgan fingerprint density at radius 3 is 2.77 bits per heavy atom. The third-order valence-electron chi connectivity index (χ3n) is 4.59. The number of fused-ring (bicyclic) bond motifs is 1. The molecule has 0 aliphatic rings. The highest BCUT2D eigenvalue weighted by Gasteiger charge is 2.21. The molecule has 0 aliphatic heterocycles. The number of hydrogen-bond acceptors (Lipinski definition) is 9. The van der Waals surface area contributed by atoms with Crippen molar-refractivity contribution >= 4 is 40.0 Å². The summed E-state index contributed by atoms with van der Waals surface area (Å²) in [5.41, 5.74) is 1.23. The number of nitrogens with zero attached hydrogens (tertiary/aromatic N) is 2. The van der Waals surface area contributed by atoms with E-state index in [0.717, 1.165) is 4.88 Å². The van der Waals surface area contributed by atoms with E-state index in [9.17, 15) is 9.59 Å². The summed E-state index contributed by atoms with van der Waals surface area (Å²) < 4.78 is 16.0. The average molecular weight is 455 g/mol. The SMILES string of the molecule is COc1ccc2c(COC(=O)c3c(C)nc(-c4cccs4)nc3SC)cc(=O)oc2c1. The number of carbonyl (C=O) groups is 1. The molecule has 1 aromatic carbocycles. The summed E-state index contributed by atoms with van der Waals surface area (Å²) in [5.74, 6) is 0.594. The van der Waals surface area contributed by atoms with E-state index < -0.39 is 11.6 Å². The van der Waals surface area contributed by atoms with Gasteiger partial charge in [0.05, 0.1) is 17.7 Å². The molecule has 0 unspecified atom stereocenters. The standard InChI is InChI=1S/C22H18N2O5S2/c1-12-19(21(30-3)24-20(23-12)17-5-4-8-31-17)22(26)28-11-13-9-18(25)29-16-10-14(27-2)6-7-15(13)16/h4-10H,11H2,1-3H3. The van der Waals surface area contributed by atoms with E-state index >= 15 is 0 Å². The zero-order valence-corrected chi connectivity index (χ0v) is 18.6. The van der Waals surface area contributed by atoms with E-state index in [-0.39, 0.29) is 6.61 Å². The van der Waals surface area contributed by atoms with Crippen molar-refractivity contribution < 1.29 is 18.7 Å². The maximum Gasteiger partial charge on any atom is 0.343 e. The fourth-order valence-corrected chi connectivity index (χ4v) is 4.39. The Morgan fingerprint density at radius 2 is 2.06 bits per heavy atom. The second kappa shape index (κ2) is 8.91. The Balaban J connectivity index is 1.63. The first-order valence-electron chi connectivity index (χ1n) is 9.24. The summed E-state index contributed by atoms with van der Waals surface area (Å²) >= 11 is 2.89. The van der Waals surface area contributed by atoms with Gasteiger partial charge in [-0.15, -0.1) is 23.1 Å². The lowest BCUT2D eigenvalue weighted by Gasteiger charge is -2.12. The van der Waals surface area contributed by atoms with E-state index in [1.807, 2.05) is 23.8 Å². The number of carbonyl (C=O) groups excluding carboxylic acids is 1. The highest BCUT2D eigenvalue weighted by molar-refractivity contribution is 7.98. The summed E-state index contributed by atoms with van der Waals surface area (Å²) in [6.07, 6.45) is 1.85. The van der Waals surface area contributed by atoms with Crippen LogP contribution in [0.5, 0.6) is 5.75 Å². The van der Waals surface area contributed by atoms with Crippen molar-refractivity contribution in [1.82, 2.24) is 9.97 Å². The number of thiophene rings is 1. The molecule has 0 N–H and O–H groups in total. The van der Waals surface area contributed by atoms with Crippen LogP contribution in [0.2, 0.25) is 0 Å². The minimum Gasteiger partial charge on any atom is -0.497 e. The molecule has 0 bridgehead atoms. The van der Waals surface area contributed by atoms with Crippen molar-refractivity contribution in [2.45, 2.75) is 18.6 Å². The summed E-state index contributed by atoms with van der Waals surface area (Å²) in [7, 11) is 1.53. The largest absolute Gasteiger partial charge is 0.497 e. The third kappa shape index (κ3) is 4.33. The van der Waals surface area contributed by atoms with E-state index in [0.29, 0.717) is 44.4 Å². The maximum atomic E-state index is 12.9. The molecular formula is C22H18N2O5S2. The van der Waals surface area contributed by atoms with Crippen molar-refractivity contribution in [2.75, 3.05) is 13.4 Å². The Morgan fingerprint density at radius 1 is 1.23 bits per heavy atom. The maximum absolute atomic E-state index is 12.9. The number of thioether (sulfide) groups is 1. The van der Waals surface area contributed by atoms with Gasteiger partial charge in [-0.1, -0.05) is 6.07 Å². The van der Waals surface area contributed by atoms with Gasteiger partial charge in [0.25, 0.3) is 0 Å². The van der Waals surface area contributed by atoms with Crippen LogP contribution in [0, 0.1) is 6.92 Å². The van der Waals surface area contributed by atoms with Gasteiger partial charge >= 0.3 is 11.6 Å². The fourth-order valence-electron chi connectivity index (χ4n) is 3.12. The molecule has 0 amide bonds. The molecule has 158 valence electrons. The molecule has 0 fully saturated rings. The van der Waals surface area contributed by atoms with Gasteiger partial charge in [0.15, 0.2) is 5.82 Å². The predicted octanol–water partition coefficient (Wildman–Crippen LogP) is 4.71. The molecule has 4 rings (SSSR count). The molecule has 3 heterocycles. The third-order valence-corrected chi connectivity index (χ3v) is 6.14. The van der Waals surface area contributed by atoms with Crippen LogP contribution in [-0.4, -0.2) is 29.3 Å². The minimum absolute atomic E-state index is 0.0901. The van der Waals surface area contributed by atoms with Gasteiger partial charge in [-0.25, -0.2) is 19.6 Å². The molecule has 0 atom stereocenters. The number of methoxy groups -OCH3 is 1. The highest BCUT2D eigenvalue weighted by Crippen LogP contribution is 2.28. The first-order chi connectivity index (χ1) is 15.0. The van der Waals surface area contributed by atoms with Gasteiger partial charge < -0.3 is 13.9 Å². The molecular weight excluding hydrogens is 436 g/mol. The van der Waals surface area contributed by atoms with Crippen molar-refractivity contribution in [1.29, 1.82) is 0 Å². The summed E-state index contributed by atoms with van der Waals surface area (Å²) in [6.45, 7) is 1.67. The summed E-state index contributed by atoms with van der Waals surface area (Å²) in [4.78, 5) is 34.8. The lowest BCUT2D eigenvalue weighted by Crippen LogP contribution is -2.13. The molecule has 0 radical (unpaired) electrons. The number of aromatic nitrogens is 2. The van der Waals surface area contributed by atoms with Gasteiger partial charge in [-0.3, -0.25) is 0 Å². The molecule has 4 aromatic rings. The Bertz CT molecular complexity index is 1320. The van der Waals surface area contributed by atoms with E-state index in [1.54, 1.807) is 25.1 Å². The summed E-state index contributed by atoms with van der Waals surface area (Å²) in [6, 6.07) is 10.3. The quantitative estimate of drug-likeness (QED) is 0.179. The number of ether oxygens (including phenoxy) is 2. The molecule has 0 aliphatic carbocycles. The van der Waals surface area contributed by atoms with E-state index in [4.69, 9.17) is 13.9 Å². The van der Waals surface area contributed by atoms with Crippen LogP contribution >= 0.6 is 23.1 Å². The lowest BCUT2D eigenvalue weighted by molar-refractivity contribution is 0.0467. The van der Waals surface area contributed by atoms with Crippen LogP contribution < -0.4 is 10.4 Å². The smallest absolute Gasteiger partial charge is 0.343 e. The van der Waals surface area contributed by atoms with Gasteiger partial charge in [0.2, 0.25) is 0 Å². The second-order valence-corrected chi connectivity index (χ2v) is 8.27. The number of hydrogen-bond donors (Lipinski definition) is 0. The molecule has 7 nitrogen and oxygen atoms in total. The van der Waals surface area contributed by atoms with Crippen LogP contribution in [-0.2, 0) is 11.3 Å². The Hall–Kier alpha value is -3.17. The van der Waals surface area contributed by atoms with Crippen LogP contribution in [0.25, 0.3) is 21.7 Å². The number of esters is 1. The normalized spacial score (nSPS) is 10.9. The topological polar surface area (TPSA) is 91.5 Å². The van der Waals surface area contributed by atoms with Crippen molar-refractivity contribution in [3.63, 3.8) is 0 Å². The molecule has 0 saturated carbocycles. The van der Waals surface area contributed by atoms with Crippen LogP contribution in [0.4, 0.5) is 0 Å². The lowest BCUT2D eigenvalue weighted by atomic mass is 10.1. The van der Waals surface area contributed by atoms with Crippen LogP contribution in [0.1, 0.15) is 21.6 Å². The number of aryl methyl sites for hydroxylation is 1. The number of rotatable bonds is 6. The van der Waals surface area contributed by atoms with Crippen molar-refractivity contribution in [3.8, 4) is 16.5 Å². The molecule has 3 aromatic heterocycles. The Kier molecular flexibility index (Phi) is 6.06.